The number of methoxy groups -OCH3 is 1. The number of aromatic nitrogens is 1. The molecular formula is C28H32N2O5. The Morgan fingerprint density at radius 2 is 1.69 bits per heavy atom. The highest BCUT2D eigenvalue weighted by molar-refractivity contribution is 6.03. The first kappa shape index (κ1) is 25.7. The topological polar surface area (TPSA) is 77.8 Å². The molecule has 7 nitrogen and oxygen atoms in total. The second-order valence-corrected chi connectivity index (χ2v) is 9.50. The standard InChI is InChI=1S/C28H32N2O5/c1-19(2)29(18-25(31)20-11-14-22(34-6)15-12-20)26(32)16-13-21-17-30(27(33)35-28(3,4)5)24-10-8-7-9-23(21)24/h7-17,19H,18H2,1-6H3/b16-13+. The van der Waals surface area contributed by atoms with Crippen LogP contribution in [-0.2, 0) is 9.53 Å². The monoisotopic (exact) mass is 476 g/mol. The second kappa shape index (κ2) is 10.6. The summed E-state index contributed by atoms with van der Waals surface area (Å²) in [4.78, 5) is 40.1. The smallest absolute Gasteiger partial charge is 0.419 e. The Balaban J connectivity index is 1.83. The fourth-order valence-electron chi connectivity index (χ4n) is 3.60. The quantitative estimate of drug-likeness (QED) is 0.329. The van der Waals surface area contributed by atoms with E-state index in [1.807, 2.05) is 58.9 Å². The molecule has 3 aromatic rings. The molecule has 0 bridgehead atoms. The van der Waals surface area contributed by atoms with E-state index in [0.717, 1.165) is 5.39 Å². The predicted molar refractivity (Wildman–Crippen MR) is 137 cm³/mol. The predicted octanol–water partition coefficient (Wildman–Crippen LogP) is 5.57. The maximum Gasteiger partial charge on any atom is 0.419 e. The van der Waals surface area contributed by atoms with Crippen molar-refractivity contribution in [2.24, 2.45) is 0 Å². The van der Waals surface area contributed by atoms with Crippen molar-refractivity contribution in [1.82, 2.24) is 9.47 Å². The second-order valence-electron chi connectivity index (χ2n) is 9.50. The van der Waals surface area contributed by atoms with Gasteiger partial charge in [0.05, 0.1) is 19.2 Å². The molecule has 0 atom stereocenters. The van der Waals surface area contributed by atoms with Crippen LogP contribution in [0.4, 0.5) is 4.79 Å². The number of hydrogen-bond acceptors (Lipinski definition) is 5. The summed E-state index contributed by atoms with van der Waals surface area (Å²) in [6.45, 7) is 9.10. The van der Waals surface area contributed by atoms with Crippen LogP contribution in [0.2, 0.25) is 0 Å². The Morgan fingerprint density at radius 3 is 2.29 bits per heavy atom. The van der Waals surface area contributed by atoms with Gasteiger partial charge in [-0.15, -0.1) is 0 Å². The third-order valence-electron chi connectivity index (χ3n) is 5.37. The molecule has 0 saturated carbocycles. The van der Waals surface area contributed by atoms with E-state index in [1.54, 1.807) is 43.6 Å². The van der Waals surface area contributed by atoms with Gasteiger partial charge in [0.1, 0.15) is 11.4 Å². The van der Waals surface area contributed by atoms with Crippen LogP contribution < -0.4 is 4.74 Å². The Bertz CT molecular complexity index is 1250. The largest absolute Gasteiger partial charge is 0.497 e. The lowest BCUT2D eigenvalue weighted by Crippen LogP contribution is -2.39. The van der Waals surface area contributed by atoms with Crippen molar-refractivity contribution in [1.29, 1.82) is 0 Å². The van der Waals surface area contributed by atoms with Crippen molar-refractivity contribution in [2.75, 3.05) is 13.7 Å². The molecule has 0 radical (unpaired) electrons. The number of amides is 1. The van der Waals surface area contributed by atoms with E-state index >= 15 is 0 Å². The fraction of sp³-hybridized carbons (Fsp3) is 0.321. The van der Waals surface area contributed by atoms with Gasteiger partial charge in [-0.05, 0) is 71.0 Å². The first-order chi connectivity index (χ1) is 16.5. The number of ketones is 1. The summed E-state index contributed by atoms with van der Waals surface area (Å²) in [6, 6.07) is 14.0. The Hall–Kier alpha value is -3.87. The van der Waals surface area contributed by atoms with Gasteiger partial charge in [-0.1, -0.05) is 18.2 Å². The Morgan fingerprint density at radius 1 is 1.03 bits per heavy atom. The van der Waals surface area contributed by atoms with E-state index in [-0.39, 0.29) is 24.3 Å². The lowest BCUT2D eigenvalue weighted by Gasteiger charge is -2.24. The normalized spacial score (nSPS) is 11.7. The molecule has 1 amide bonds. The molecule has 0 aliphatic carbocycles. The van der Waals surface area contributed by atoms with Gasteiger partial charge in [-0.25, -0.2) is 4.79 Å². The van der Waals surface area contributed by atoms with Gasteiger partial charge in [-0.3, -0.25) is 14.2 Å². The number of fused-ring (bicyclic) bond motifs is 1. The maximum atomic E-state index is 13.1. The van der Waals surface area contributed by atoms with Gasteiger partial charge in [0, 0.05) is 34.8 Å². The molecule has 2 aromatic carbocycles. The lowest BCUT2D eigenvalue weighted by molar-refractivity contribution is -0.127. The van der Waals surface area contributed by atoms with Crippen LogP contribution in [0.3, 0.4) is 0 Å². The van der Waals surface area contributed by atoms with Gasteiger partial charge in [0.25, 0.3) is 0 Å². The number of ether oxygens (including phenoxy) is 2. The van der Waals surface area contributed by atoms with Crippen molar-refractivity contribution < 1.29 is 23.9 Å². The zero-order valence-electron chi connectivity index (χ0n) is 21.1. The van der Waals surface area contributed by atoms with Gasteiger partial charge < -0.3 is 14.4 Å². The van der Waals surface area contributed by atoms with E-state index in [4.69, 9.17) is 9.47 Å². The minimum absolute atomic E-state index is 0.0488. The highest BCUT2D eigenvalue weighted by Gasteiger charge is 2.22. The number of carbonyl (C=O) groups excluding carboxylic acids is 3. The summed E-state index contributed by atoms with van der Waals surface area (Å²) in [5, 5.41) is 0.813. The van der Waals surface area contributed by atoms with Crippen molar-refractivity contribution in [2.45, 2.75) is 46.3 Å². The van der Waals surface area contributed by atoms with Crippen LogP contribution >= 0.6 is 0 Å². The average Bonchev–Trinajstić information content (AvgIpc) is 3.18. The number of benzene rings is 2. The van der Waals surface area contributed by atoms with Crippen LogP contribution in [-0.4, -0.2) is 52.5 Å². The molecule has 0 N–H and O–H groups in total. The van der Waals surface area contributed by atoms with Crippen LogP contribution in [0.5, 0.6) is 5.75 Å². The number of hydrogen-bond donors (Lipinski definition) is 0. The van der Waals surface area contributed by atoms with E-state index in [9.17, 15) is 14.4 Å². The number of para-hydroxylation sites is 1. The molecule has 35 heavy (non-hydrogen) atoms. The first-order valence-corrected chi connectivity index (χ1v) is 11.5. The van der Waals surface area contributed by atoms with Crippen LogP contribution in [0.15, 0.2) is 60.8 Å². The molecule has 7 heteroatoms. The molecule has 1 heterocycles. The first-order valence-electron chi connectivity index (χ1n) is 11.5. The summed E-state index contributed by atoms with van der Waals surface area (Å²) in [5.74, 6) is 0.201. The van der Waals surface area contributed by atoms with Crippen molar-refractivity contribution in [3.63, 3.8) is 0 Å². The molecule has 0 aliphatic rings. The lowest BCUT2D eigenvalue weighted by atomic mass is 10.1. The number of Topliss-reactive ketones (excluding diaryl/α,β-unsaturated/α-hetero) is 1. The van der Waals surface area contributed by atoms with Crippen molar-refractivity contribution in [3.05, 3.63) is 71.9 Å². The summed E-state index contributed by atoms with van der Waals surface area (Å²) in [6.07, 6.45) is 4.26. The van der Waals surface area contributed by atoms with Crippen LogP contribution in [0.1, 0.15) is 50.5 Å². The highest BCUT2D eigenvalue weighted by Crippen LogP contribution is 2.24. The summed E-state index contributed by atoms with van der Waals surface area (Å²) >= 11 is 0. The van der Waals surface area contributed by atoms with Crippen molar-refractivity contribution in [3.8, 4) is 5.75 Å². The number of nitrogens with zero attached hydrogens (tertiary/aromatic N) is 2. The van der Waals surface area contributed by atoms with E-state index in [0.29, 0.717) is 22.4 Å². The van der Waals surface area contributed by atoms with Crippen LogP contribution in [0, 0.1) is 0 Å². The molecule has 0 unspecified atom stereocenters. The molecule has 3 rings (SSSR count). The van der Waals surface area contributed by atoms with Gasteiger partial charge in [-0.2, -0.15) is 0 Å². The summed E-state index contributed by atoms with van der Waals surface area (Å²) in [7, 11) is 1.56. The van der Waals surface area contributed by atoms with E-state index < -0.39 is 11.7 Å². The molecule has 0 spiro atoms. The van der Waals surface area contributed by atoms with E-state index in [2.05, 4.69) is 0 Å². The highest BCUT2D eigenvalue weighted by atomic mass is 16.6. The zero-order valence-corrected chi connectivity index (χ0v) is 21.1. The zero-order chi connectivity index (χ0) is 25.8. The third-order valence-corrected chi connectivity index (χ3v) is 5.37. The minimum Gasteiger partial charge on any atom is -0.497 e. The fourth-order valence-corrected chi connectivity index (χ4v) is 3.60. The third kappa shape index (κ3) is 6.38. The van der Waals surface area contributed by atoms with Gasteiger partial charge in [0.15, 0.2) is 5.78 Å². The maximum absolute atomic E-state index is 13.1. The van der Waals surface area contributed by atoms with Crippen molar-refractivity contribution >= 4 is 34.8 Å². The van der Waals surface area contributed by atoms with Gasteiger partial charge in [0.2, 0.25) is 5.91 Å². The molecule has 1 aromatic heterocycles. The summed E-state index contributed by atoms with van der Waals surface area (Å²) < 4.78 is 12.1. The SMILES string of the molecule is COc1ccc(C(=O)CN(C(=O)/C=C/c2cn(C(=O)OC(C)(C)C)c3ccccc23)C(C)C)cc1. The molecule has 184 valence electrons. The average molecular weight is 477 g/mol. The minimum atomic E-state index is -0.636. The molecule has 0 aliphatic heterocycles. The van der Waals surface area contributed by atoms with E-state index in [1.165, 1.54) is 15.5 Å². The van der Waals surface area contributed by atoms with Crippen LogP contribution in [0.25, 0.3) is 17.0 Å². The molecular weight excluding hydrogens is 444 g/mol. The summed E-state index contributed by atoms with van der Waals surface area (Å²) in [5.41, 5.74) is 1.26. The molecule has 0 fully saturated rings. The Kier molecular flexibility index (Phi) is 7.79. The number of carbonyl (C=O) groups is 3. The number of rotatable bonds is 7. The van der Waals surface area contributed by atoms with Gasteiger partial charge >= 0.3 is 6.09 Å². The Labute approximate surface area is 205 Å². The molecule has 0 saturated heterocycles.